The predicted octanol–water partition coefficient (Wildman–Crippen LogP) is 3.18. The first-order chi connectivity index (χ1) is 14.6. The molecule has 2 unspecified atom stereocenters. The zero-order valence-corrected chi connectivity index (χ0v) is 18.1. The molecule has 0 aliphatic carbocycles. The van der Waals surface area contributed by atoms with Crippen molar-refractivity contribution in [2.24, 2.45) is 0 Å². The van der Waals surface area contributed by atoms with Crippen LogP contribution < -0.4 is 9.47 Å². The predicted molar refractivity (Wildman–Crippen MR) is 113 cm³/mol. The van der Waals surface area contributed by atoms with Crippen LogP contribution in [0.3, 0.4) is 0 Å². The highest BCUT2D eigenvalue weighted by molar-refractivity contribution is 5.78. The van der Waals surface area contributed by atoms with Gasteiger partial charge in [-0.15, -0.1) is 0 Å². The Bertz CT molecular complexity index is 889. The smallest absolute Gasteiger partial charge is 0.223 e. The number of imidazole rings is 1. The topological polar surface area (TPSA) is 65.8 Å². The molecule has 0 saturated carbocycles. The van der Waals surface area contributed by atoms with Crippen molar-refractivity contribution in [3.05, 3.63) is 41.5 Å². The number of morpholine rings is 1. The van der Waals surface area contributed by atoms with Crippen molar-refractivity contribution in [2.45, 2.75) is 44.6 Å². The van der Waals surface area contributed by atoms with Gasteiger partial charge in [0.2, 0.25) is 5.91 Å². The lowest BCUT2D eigenvalue weighted by atomic mass is 9.91. The van der Waals surface area contributed by atoms with Gasteiger partial charge in [-0.05, 0) is 30.5 Å². The summed E-state index contributed by atoms with van der Waals surface area (Å²) in [7, 11) is 3.27. The summed E-state index contributed by atoms with van der Waals surface area (Å²) in [5.74, 6) is 2.98. The summed E-state index contributed by atoms with van der Waals surface area (Å²) in [6.45, 7) is 5.69. The molecule has 2 aliphatic rings. The first-order valence-corrected chi connectivity index (χ1v) is 10.7. The highest BCUT2D eigenvalue weighted by Crippen LogP contribution is 2.38. The number of ether oxygens (including phenoxy) is 3. The second kappa shape index (κ2) is 9.08. The van der Waals surface area contributed by atoms with E-state index < -0.39 is 0 Å². The molecule has 2 aromatic rings. The average molecular weight is 414 g/mol. The Labute approximate surface area is 177 Å². The zero-order valence-electron chi connectivity index (χ0n) is 18.1. The maximum absolute atomic E-state index is 13.2. The fourth-order valence-electron chi connectivity index (χ4n) is 4.58. The molecule has 162 valence electrons. The molecule has 4 rings (SSSR count). The molecule has 1 amide bonds. The van der Waals surface area contributed by atoms with Crippen LogP contribution in [-0.4, -0.2) is 60.9 Å². The molecule has 7 heteroatoms. The molecule has 3 heterocycles. The summed E-state index contributed by atoms with van der Waals surface area (Å²) in [4.78, 5) is 19.8. The van der Waals surface area contributed by atoms with E-state index in [2.05, 4.69) is 11.5 Å². The van der Waals surface area contributed by atoms with Gasteiger partial charge in [0.15, 0.2) is 11.5 Å². The van der Waals surface area contributed by atoms with Crippen molar-refractivity contribution in [2.75, 3.05) is 40.5 Å². The van der Waals surface area contributed by atoms with Crippen LogP contribution in [0.15, 0.2) is 24.4 Å². The molecule has 1 saturated heterocycles. The van der Waals surface area contributed by atoms with E-state index in [0.29, 0.717) is 50.1 Å². The summed E-state index contributed by atoms with van der Waals surface area (Å²) in [6.07, 6.45) is 4.65. The summed E-state index contributed by atoms with van der Waals surface area (Å²) < 4.78 is 18.7. The second-order valence-electron chi connectivity index (χ2n) is 8.10. The van der Waals surface area contributed by atoms with E-state index in [-0.39, 0.29) is 11.8 Å². The van der Waals surface area contributed by atoms with E-state index >= 15 is 0 Å². The highest BCUT2D eigenvalue weighted by atomic mass is 16.5. The normalized spacial score (nSPS) is 19.8. The molecular formula is C23H31N3O4. The van der Waals surface area contributed by atoms with Crippen molar-refractivity contribution >= 4 is 5.91 Å². The number of carbonyl (C=O) groups is 1. The quantitative estimate of drug-likeness (QED) is 0.728. The number of rotatable bonds is 6. The fraction of sp³-hybridized carbons (Fsp3) is 0.565. The Morgan fingerprint density at radius 1 is 1.20 bits per heavy atom. The average Bonchev–Trinajstić information content (AvgIpc) is 3.22. The zero-order chi connectivity index (χ0) is 21.1. The Balaban J connectivity index is 1.71. The Kier molecular flexibility index (Phi) is 6.27. The number of methoxy groups -OCH3 is 2. The number of hydrogen-bond acceptors (Lipinski definition) is 5. The lowest BCUT2D eigenvalue weighted by molar-refractivity contribution is -0.135. The van der Waals surface area contributed by atoms with Gasteiger partial charge in [0.25, 0.3) is 0 Å². The Morgan fingerprint density at radius 3 is 2.70 bits per heavy atom. The molecule has 7 nitrogen and oxygen atoms in total. The molecule has 30 heavy (non-hydrogen) atoms. The number of amides is 1. The Hall–Kier alpha value is -2.54. The standard InChI is InChI=1S/C23H31N3O4/c1-16-5-4-8-26-19(15-24-23(16)26)18(14-22(27)25-9-11-30-12-10-25)17-6-7-20(28-2)21(13-17)29-3/h6-7,13,15-16,18H,4-5,8-12,14H2,1-3H3. The minimum absolute atomic E-state index is 0.0910. The molecule has 1 fully saturated rings. The molecule has 1 aromatic heterocycles. The molecule has 2 atom stereocenters. The maximum atomic E-state index is 13.2. The highest BCUT2D eigenvalue weighted by Gasteiger charge is 2.29. The third-order valence-electron chi connectivity index (χ3n) is 6.29. The van der Waals surface area contributed by atoms with Crippen molar-refractivity contribution in [3.63, 3.8) is 0 Å². The Morgan fingerprint density at radius 2 is 1.97 bits per heavy atom. The van der Waals surface area contributed by atoms with Crippen LogP contribution in [-0.2, 0) is 16.1 Å². The fourth-order valence-corrected chi connectivity index (χ4v) is 4.58. The SMILES string of the molecule is COc1ccc(C(CC(=O)N2CCOCC2)c2cnc3n2CCCC3C)cc1OC. The minimum atomic E-state index is -0.0910. The molecule has 0 N–H and O–H groups in total. The van der Waals surface area contributed by atoms with Gasteiger partial charge >= 0.3 is 0 Å². The number of aromatic nitrogens is 2. The van der Waals surface area contributed by atoms with Gasteiger partial charge < -0.3 is 23.7 Å². The number of carbonyl (C=O) groups excluding carboxylic acids is 1. The van der Waals surface area contributed by atoms with Crippen LogP contribution in [0.5, 0.6) is 11.5 Å². The lowest BCUT2D eigenvalue weighted by Gasteiger charge is -2.30. The molecule has 0 radical (unpaired) electrons. The van der Waals surface area contributed by atoms with Crippen LogP contribution in [0.4, 0.5) is 0 Å². The van der Waals surface area contributed by atoms with E-state index in [1.54, 1.807) is 14.2 Å². The summed E-state index contributed by atoms with van der Waals surface area (Å²) in [6, 6.07) is 5.93. The van der Waals surface area contributed by atoms with E-state index in [1.165, 1.54) is 0 Å². The monoisotopic (exact) mass is 413 g/mol. The van der Waals surface area contributed by atoms with Gasteiger partial charge in [0.05, 0.1) is 27.4 Å². The largest absolute Gasteiger partial charge is 0.493 e. The van der Waals surface area contributed by atoms with Crippen LogP contribution in [0.25, 0.3) is 0 Å². The van der Waals surface area contributed by atoms with E-state index in [0.717, 1.165) is 36.5 Å². The third kappa shape index (κ3) is 4.03. The van der Waals surface area contributed by atoms with Crippen molar-refractivity contribution in [3.8, 4) is 11.5 Å². The molecule has 0 spiro atoms. The minimum Gasteiger partial charge on any atom is -0.493 e. The molecule has 1 aromatic carbocycles. The second-order valence-corrected chi connectivity index (χ2v) is 8.10. The summed E-state index contributed by atoms with van der Waals surface area (Å²) in [5.41, 5.74) is 2.14. The molecular weight excluding hydrogens is 382 g/mol. The van der Waals surface area contributed by atoms with E-state index in [1.807, 2.05) is 29.3 Å². The van der Waals surface area contributed by atoms with Gasteiger partial charge in [0, 0.05) is 49.8 Å². The number of nitrogens with zero attached hydrogens (tertiary/aromatic N) is 3. The third-order valence-corrected chi connectivity index (χ3v) is 6.29. The first-order valence-electron chi connectivity index (χ1n) is 10.7. The van der Waals surface area contributed by atoms with E-state index in [9.17, 15) is 4.79 Å². The van der Waals surface area contributed by atoms with Gasteiger partial charge in [-0.2, -0.15) is 0 Å². The lowest BCUT2D eigenvalue weighted by Crippen LogP contribution is -2.41. The van der Waals surface area contributed by atoms with Gasteiger partial charge in [-0.1, -0.05) is 13.0 Å². The van der Waals surface area contributed by atoms with E-state index in [4.69, 9.17) is 19.2 Å². The number of fused-ring (bicyclic) bond motifs is 1. The van der Waals surface area contributed by atoms with Crippen molar-refractivity contribution < 1.29 is 19.0 Å². The molecule has 0 bridgehead atoms. The molecule has 2 aliphatic heterocycles. The van der Waals surface area contributed by atoms with Gasteiger partial charge in [-0.3, -0.25) is 4.79 Å². The first kappa shape index (κ1) is 20.7. The van der Waals surface area contributed by atoms with Crippen molar-refractivity contribution in [1.29, 1.82) is 0 Å². The van der Waals surface area contributed by atoms with Crippen LogP contribution in [0.1, 0.15) is 55.1 Å². The summed E-state index contributed by atoms with van der Waals surface area (Å²) in [5, 5.41) is 0. The number of hydrogen-bond donors (Lipinski definition) is 0. The number of benzene rings is 1. The summed E-state index contributed by atoms with van der Waals surface area (Å²) >= 11 is 0. The maximum Gasteiger partial charge on any atom is 0.223 e. The van der Waals surface area contributed by atoms with Crippen molar-refractivity contribution in [1.82, 2.24) is 14.5 Å². The van der Waals surface area contributed by atoms with Crippen LogP contribution >= 0.6 is 0 Å². The van der Waals surface area contributed by atoms with Gasteiger partial charge in [0.1, 0.15) is 5.82 Å². The van der Waals surface area contributed by atoms with Crippen LogP contribution in [0, 0.1) is 0 Å². The van der Waals surface area contributed by atoms with Crippen LogP contribution in [0.2, 0.25) is 0 Å². The van der Waals surface area contributed by atoms with Gasteiger partial charge in [-0.25, -0.2) is 4.98 Å².